The Morgan fingerprint density at radius 1 is 1.11 bits per heavy atom. The van der Waals surface area contributed by atoms with Gasteiger partial charge in [0.1, 0.15) is 0 Å². The van der Waals surface area contributed by atoms with Crippen LogP contribution < -0.4 is 0 Å². The Hall–Kier alpha value is -1.02. The van der Waals surface area contributed by atoms with Crippen LogP contribution >= 0.6 is 23.2 Å². The van der Waals surface area contributed by atoms with Gasteiger partial charge in [0.2, 0.25) is 0 Å². The lowest BCUT2D eigenvalue weighted by Crippen LogP contribution is -2.04. The van der Waals surface area contributed by atoms with Gasteiger partial charge in [-0.3, -0.25) is 0 Å². The van der Waals surface area contributed by atoms with Gasteiger partial charge in [-0.15, -0.1) is 0 Å². The molecule has 2 aromatic rings. The number of aliphatic hydroxyl groups excluding tert-OH is 1. The van der Waals surface area contributed by atoms with Gasteiger partial charge < -0.3 is 5.11 Å². The summed E-state index contributed by atoms with van der Waals surface area (Å²) in [6, 6.07) is 11.6. The molecule has 0 heterocycles. The van der Waals surface area contributed by atoms with E-state index in [0.717, 1.165) is 5.56 Å². The standard InChI is InChI=1S/C16H16Cl2O/c1-10-6-7-11(2)12(8-10)9-15(19)13-4-3-5-14(17)16(13)18/h3-8,15,19H,9H2,1-2H3. The number of hydrogen-bond acceptors (Lipinski definition) is 1. The maximum Gasteiger partial charge on any atom is 0.0845 e. The molecule has 3 heteroatoms. The first-order chi connectivity index (χ1) is 8.99. The molecule has 0 radical (unpaired) electrons. The summed E-state index contributed by atoms with van der Waals surface area (Å²) in [5.74, 6) is 0. The van der Waals surface area contributed by atoms with Gasteiger partial charge in [-0.2, -0.15) is 0 Å². The third-order valence-corrected chi connectivity index (χ3v) is 4.09. The molecule has 0 aliphatic carbocycles. The van der Waals surface area contributed by atoms with Crippen LogP contribution in [0, 0.1) is 13.8 Å². The molecule has 2 aromatic carbocycles. The predicted octanol–water partition coefficient (Wildman–Crippen LogP) is 4.89. The second-order valence-corrected chi connectivity index (χ2v) is 5.58. The van der Waals surface area contributed by atoms with Gasteiger partial charge in [-0.05, 0) is 31.0 Å². The molecule has 0 saturated heterocycles. The highest BCUT2D eigenvalue weighted by molar-refractivity contribution is 6.42. The summed E-state index contributed by atoms with van der Waals surface area (Å²) in [5.41, 5.74) is 4.16. The van der Waals surface area contributed by atoms with E-state index in [1.54, 1.807) is 12.1 Å². The van der Waals surface area contributed by atoms with Crippen LogP contribution in [0.25, 0.3) is 0 Å². The molecule has 1 N–H and O–H groups in total. The van der Waals surface area contributed by atoms with Gasteiger partial charge in [0, 0.05) is 12.0 Å². The largest absolute Gasteiger partial charge is 0.388 e. The van der Waals surface area contributed by atoms with Crippen molar-refractivity contribution in [3.05, 3.63) is 68.7 Å². The van der Waals surface area contributed by atoms with Gasteiger partial charge in [0.15, 0.2) is 0 Å². The average Bonchev–Trinajstić information content (AvgIpc) is 2.37. The first kappa shape index (κ1) is 14.4. The quantitative estimate of drug-likeness (QED) is 0.855. The molecule has 0 amide bonds. The lowest BCUT2D eigenvalue weighted by Gasteiger charge is -2.15. The number of aryl methyl sites for hydroxylation is 2. The molecular weight excluding hydrogens is 279 g/mol. The van der Waals surface area contributed by atoms with Crippen molar-refractivity contribution in [3.63, 3.8) is 0 Å². The molecule has 0 bridgehead atoms. The van der Waals surface area contributed by atoms with Crippen molar-refractivity contribution in [1.29, 1.82) is 0 Å². The fourth-order valence-corrected chi connectivity index (χ4v) is 2.55. The fraction of sp³-hybridized carbons (Fsp3) is 0.250. The topological polar surface area (TPSA) is 20.2 Å². The third-order valence-electron chi connectivity index (χ3n) is 3.26. The summed E-state index contributed by atoms with van der Waals surface area (Å²) in [5, 5.41) is 11.3. The van der Waals surface area contributed by atoms with Gasteiger partial charge in [-0.25, -0.2) is 0 Å². The summed E-state index contributed by atoms with van der Waals surface area (Å²) in [4.78, 5) is 0. The second kappa shape index (κ2) is 5.96. The van der Waals surface area contributed by atoms with Gasteiger partial charge in [-0.1, -0.05) is 59.1 Å². The Balaban J connectivity index is 2.28. The molecule has 100 valence electrons. The van der Waals surface area contributed by atoms with Crippen molar-refractivity contribution in [2.24, 2.45) is 0 Å². The SMILES string of the molecule is Cc1ccc(C)c(CC(O)c2cccc(Cl)c2Cl)c1. The lowest BCUT2D eigenvalue weighted by atomic mass is 9.97. The minimum absolute atomic E-state index is 0.432. The molecule has 0 fully saturated rings. The van der Waals surface area contributed by atoms with Gasteiger partial charge in [0.05, 0.1) is 16.1 Å². The molecule has 0 aliphatic heterocycles. The van der Waals surface area contributed by atoms with E-state index in [0.29, 0.717) is 22.0 Å². The Labute approximate surface area is 123 Å². The molecular formula is C16H16Cl2O. The van der Waals surface area contributed by atoms with Crippen LogP contribution in [0.4, 0.5) is 0 Å². The smallest absolute Gasteiger partial charge is 0.0845 e. The van der Waals surface area contributed by atoms with Crippen molar-refractivity contribution in [2.75, 3.05) is 0 Å². The minimum atomic E-state index is -0.647. The molecule has 0 saturated carbocycles. The summed E-state index contributed by atoms with van der Waals surface area (Å²) in [6.45, 7) is 4.09. The number of halogens is 2. The van der Waals surface area contributed by atoms with E-state index < -0.39 is 6.10 Å². The van der Waals surface area contributed by atoms with Crippen LogP contribution in [0.5, 0.6) is 0 Å². The zero-order valence-corrected chi connectivity index (χ0v) is 12.5. The first-order valence-corrected chi connectivity index (χ1v) is 6.92. The Bertz CT molecular complexity index is 593. The zero-order chi connectivity index (χ0) is 14.0. The maximum atomic E-state index is 10.4. The number of benzene rings is 2. The molecule has 2 rings (SSSR count). The van der Waals surface area contributed by atoms with E-state index in [4.69, 9.17) is 23.2 Å². The van der Waals surface area contributed by atoms with Crippen molar-refractivity contribution >= 4 is 23.2 Å². The van der Waals surface area contributed by atoms with E-state index in [-0.39, 0.29) is 0 Å². The lowest BCUT2D eigenvalue weighted by molar-refractivity contribution is 0.178. The number of rotatable bonds is 3. The van der Waals surface area contributed by atoms with Crippen molar-refractivity contribution in [3.8, 4) is 0 Å². The van der Waals surface area contributed by atoms with Gasteiger partial charge in [0.25, 0.3) is 0 Å². The first-order valence-electron chi connectivity index (χ1n) is 6.17. The van der Waals surface area contributed by atoms with Crippen LogP contribution in [-0.4, -0.2) is 5.11 Å². The molecule has 0 aliphatic rings. The van der Waals surface area contributed by atoms with Crippen molar-refractivity contribution < 1.29 is 5.11 Å². The van der Waals surface area contributed by atoms with Crippen LogP contribution in [0.2, 0.25) is 10.0 Å². The molecule has 1 unspecified atom stereocenters. The summed E-state index contributed by atoms with van der Waals surface area (Å²) >= 11 is 12.1. The number of hydrogen-bond donors (Lipinski definition) is 1. The number of aliphatic hydroxyl groups is 1. The predicted molar refractivity (Wildman–Crippen MR) is 81.0 cm³/mol. The molecule has 1 nitrogen and oxygen atoms in total. The normalized spacial score (nSPS) is 12.5. The fourth-order valence-electron chi connectivity index (χ4n) is 2.12. The zero-order valence-electron chi connectivity index (χ0n) is 11.0. The Morgan fingerprint density at radius 2 is 1.84 bits per heavy atom. The summed E-state index contributed by atoms with van der Waals surface area (Å²) in [7, 11) is 0. The van der Waals surface area contributed by atoms with Crippen molar-refractivity contribution in [2.45, 2.75) is 26.4 Å². The van der Waals surface area contributed by atoms with Crippen LogP contribution in [0.3, 0.4) is 0 Å². The third kappa shape index (κ3) is 3.30. The van der Waals surface area contributed by atoms with Crippen LogP contribution in [0.15, 0.2) is 36.4 Å². The summed E-state index contributed by atoms with van der Waals surface area (Å²) < 4.78 is 0. The summed E-state index contributed by atoms with van der Waals surface area (Å²) in [6.07, 6.45) is -0.111. The Kier molecular flexibility index (Phi) is 4.51. The Morgan fingerprint density at radius 3 is 2.58 bits per heavy atom. The van der Waals surface area contributed by atoms with E-state index in [1.165, 1.54) is 11.1 Å². The maximum absolute atomic E-state index is 10.4. The van der Waals surface area contributed by atoms with E-state index in [2.05, 4.69) is 18.2 Å². The molecule has 0 spiro atoms. The average molecular weight is 295 g/mol. The van der Waals surface area contributed by atoms with Gasteiger partial charge >= 0.3 is 0 Å². The highest BCUT2D eigenvalue weighted by Crippen LogP contribution is 2.31. The highest BCUT2D eigenvalue weighted by Gasteiger charge is 2.15. The molecule has 0 aromatic heterocycles. The van der Waals surface area contributed by atoms with Crippen LogP contribution in [0.1, 0.15) is 28.4 Å². The van der Waals surface area contributed by atoms with E-state index >= 15 is 0 Å². The van der Waals surface area contributed by atoms with E-state index in [1.807, 2.05) is 19.9 Å². The minimum Gasteiger partial charge on any atom is -0.388 e. The van der Waals surface area contributed by atoms with Crippen molar-refractivity contribution in [1.82, 2.24) is 0 Å². The molecule has 1 atom stereocenters. The van der Waals surface area contributed by atoms with Crippen LogP contribution in [-0.2, 0) is 6.42 Å². The second-order valence-electron chi connectivity index (χ2n) is 4.79. The monoisotopic (exact) mass is 294 g/mol. The molecule has 19 heavy (non-hydrogen) atoms. The highest BCUT2D eigenvalue weighted by atomic mass is 35.5. The van der Waals surface area contributed by atoms with E-state index in [9.17, 15) is 5.11 Å².